The lowest BCUT2D eigenvalue weighted by Crippen LogP contribution is -2.23. The van der Waals surface area contributed by atoms with Crippen LogP contribution in [0.3, 0.4) is 0 Å². The summed E-state index contributed by atoms with van der Waals surface area (Å²) in [6.07, 6.45) is 3.33. The quantitative estimate of drug-likeness (QED) is 0.897. The van der Waals surface area contributed by atoms with E-state index in [-0.39, 0.29) is 5.75 Å². The molecule has 4 heteroatoms. The summed E-state index contributed by atoms with van der Waals surface area (Å²) < 4.78 is 5.93. The molecule has 1 aliphatic rings. The third kappa shape index (κ3) is 2.33. The molecule has 88 valence electrons. The second-order valence-corrected chi connectivity index (χ2v) is 4.94. The first-order chi connectivity index (χ1) is 7.72. The normalized spacial score (nSPS) is 20.0. The summed E-state index contributed by atoms with van der Waals surface area (Å²) in [5, 5.41) is 13.3. The molecule has 0 radical (unpaired) electrons. The van der Waals surface area contributed by atoms with Crippen LogP contribution in [0.5, 0.6) is 11.5 Å². The molecule has 16 heavy (non-hydrogen) atoms. The van der Waals surface area contributed by atoms with Crippen molar-refractivity contribution in [2.45, 2.75) is 25.3 Å². The van der Waals surface area contributed by atoms with Gasteiger partial charge in [0.25, 0.3) is 0 Å². The number of methoxy groups -OCH3 is 1. The first kappa shape index (κ1) is 11.7. The molecular weight excluding hydrogens is 270 g/mol. The number of hydrogen-bond donors (Lipinski definition) is 2. The first-order valence-corrected chi connectivity index (χ1v) is 6.29. The standard InChI is InChI=1S/C12H16BrNO2/c1-16-12-8(4-5-10(13)11(12)15)7-9-3-2-6-14-9/h4-5,9,14-15H,2-3,6-7H2,1H3. The van der Waals surface area contributed by atoms with Crippen LogP contribution in [0.15, 0.2) is 16.6 Å². The molecule has 1 heterocycles. The third-order valence-electron chi connectivity index (χ3n) is 3.00. The van der Waals surface area contributed by atoms with Gasteiger partial charge in [-0.05, 0) is 53.4 Å². The van der Waals surface area contributed by atoms with Gasteiger partial charge >= 0.3 is 0 Å². The molecule has 0 saturated carbocycles. The van der Waals surface area contributed by atoms with Crippen molar-refractivity contribution >= 4 is 15.9 Å². The summed E-state index contributed by atoms with van der Waals surface area (Å²) in [5.41, 5.74) is 1.06. The number of phenols is 1. The van der Waals surface area contributed by atoms with E-state index in [1.54, 1.807) is 7.11 Å². The number of rotatable bonds is 3. The van der Waals surface area contributed by atoms with Crippen LogP contribution in [-0.2, 0) is 6.42 Å². The van der Waals surface area contributed by atoms with Gasteiger partial charge in [0.15, 0.2) is 11.5 Å². The molecule has 2 N–H and O–H groups in total. The van der Waals surface area contributed by atoms with Gasteiger partial charge in [-0.1, -0.05) is 6.07 Å². The summed E-state index contributed by atoms with van der Waals surface area (Å²) >= 11 is 3.29. The molecule has 3 nitrogen and oxygen atoms in total. The Labute approximate surface area is 104 Å². The number of benzene rings is 1. The molecule has 1 atom stereocenters. The molecule has 0 aliphatic carbocycles. The second kappa shape index (κ2) is 5.06. The van der Waals surface area contributed by atoms with Gasteiger partial charge in [-0.2, -0.15) is 0 Å². The highest BCUT2D eigenvalue weighted by atomic mass is 79.9. The minimum absolute atomic E-state index is 0.193. The minimum atomic E-state index is 0.193. The number of phenolic OH excluding ortho intramolecular Hbond substituents is 1. The minimum Gasteiger partial charge on any atom is -0.503 e. The summed E-state index contributed by atoms with van der Waals surface area (Å²) in [6.45, 7) is 1.09. The maximum Gasteiger partial charge on any atom is 0.172 e. The van der Waals surface area contributed by atoms with Gasteiger partial charge in [0.1, 0.15) is 0 Å². The number of ether oxygens (including phenoxy) is 1. The zero-order valence-corrected chi connectivity index (χ0v) is 10.9. The van der Waals surface area contributed by atoms with Gasteiger partial charge in [-0.25, -0.2) is 0 Å². The van der Waals surface area contributed by atoms with Gasteiger partial charge in [-0.15, -0.1) is 0 Å². The van der Waals surface area contributed by atoms with Crippen LogP contribution in [0.4, 0.5) is 0 Å². The predicted molar refractivity (Wildman–Crippen MR) is 67.1 cm³/mol. The van der Waals surface area contributed by atoms with E-state index in [1.165, 1.54) is 12.8 Å². The Balaban J connectivity index is 2.22. The molecule has 1 aromatic rings. The van der Waals surface area contributed by atoms with Crippen LogP contribution in [0, 0.1) is 0 Å². The summed E-state index contributed by atoms with van der Waals surface area (Å²) in [6, 6.07) is 4.37. The topological polar surface area (TPSA) is 41.5 Å². The van der Waals surface area contributed by atoms with Crippen molar-refractivity contribution in [1.29, 1.82) is 0 Å². The largest absolute Gasteiger partial charge is 0.503 e. The zero-order valence-electron chi connectivity index (χ0n) is 9.29. The Morgan fingerprint density at radius 1 is 1.56 bits per heavy atom. The average molecular weight is 286 g/mol. The molecule has 1 saturated heterocycles. The Morgan fingerprint density at radius 3 is 3.00 bits per heavy atom. The zero-order chi connectivity index (χ0) is 11.5. The van der Waals surface area contributed by atoms with E-state index in [4.69, 9.17) is 4.74 Å². The Bertz CT molecular complexity index is 376. The molecule has 0 bridgehead atoms. The highest BCUT2D eigenvalue weighted by Gasteiger charge is 2.18. The summed E-state index contributed by atoms with van der Waals surface area (Å²) in [5.74, 6) is 0.779. The fraction of sp³-hybridized carbons (Fsp3) is 0.500. The molecule has 1 aliphatic heterocycles. The Morgan fingerprint density at radius 2 is 2.38 bits per heavy atom. The molecule has 1 fully saturated rings. The van der Waals surface area contributed by atoms with Gasteiger partial charge in [0.05, 0.1) is 11.6 Å². The van der Waals surface area contributed by atoms with Crippen LogP contribution < -0.4 is 10.1 Å². The maximum absolute atomic E-state index is 9.86. The van der Waals surface area contributed by atoms with Gasteiger partial charge in [-0.3, -0.25) is 0 Å². The predicted octanol–water partition coefficient (Wildman–Crippen LogP) is 2.46. The van der Waals surface area contributed by atoms with E-state index < -0.39 is 0 Å². The van der Waals surface area contributed by atoms with Crippen molar-refractivity contribution in [2.24, 2.45) is 0 Å². The van der Waals surface area contributed by atoms with Crippen LogP contribution in [0.2, 0.25) is 0 Å². The molecule has 0 spiro atoms. The van der Waals surface area contributed by atoms with E-state index in [2.05, 4.69) is 21.2 Å². The molecular formula is C12H16BrNO2. The van der Waals surface area contributed by atoms with Crippen molar-refractivity contribution < 1.29 is 9.84 Å². The lowest BCUT2D eigenvalue weighted by atomic mass is 10.0. The SMILES string of the molecule is COc1c(CC2CCCN2)ccc(Br)c1O. The molecule has 2 rings (SSSR count). The lowest BCUT2D eigenvalue weighted by molar-refractivity contribution is 0.366. The van der Waals surface area contributed by atoms with Crippen molar-refractivity contribution in [3.05, 3.63) is 22.2 Å². The maximum atomic E-state index is 9.86. The van der Waals surface area contributed by atoms with E-state index >= 15 is 0 Å². The van der Waals surface area contributed by atoms with Crippen molar-refractivity contribution in [3.8, 4) is 11.5 Å². The van der Waals surface area contributed by atoms with E-state index in [1.807, 2.05) is 12.1 Å². The van der Waals surface area contributed by atoms with Crippen LogP contribution >= 0.6 is 15.9 Å². The van der Waals surface area contributed by atoms with Gasteiger partial charge in [0.2, 0.25) is 0 Å². The number of nitrogens with one attached hydrogen (secondary N) is 1. The lowest BCUT2D eigenvalue weighted by Gasteiger charge is -2.15. The van der Waals surface area contributed by atoms with E-state index in [0.29, 0.717) is 16.3 Å². The molecule has 0 amide bonds. The van der Waals surface area contributed by atoms with Gasteiger partial charge < -0.3 is 15.2 Å². The Kier molecular flexibility index (Phi) is 3.71. The van der Waals surface area contributed by atoms with Crippen molar-refractivity contribution in [1.82, 2.24) is 5.32 Å². The fourth-order valence-electron chi connectivity index (χ4n) is 2.17. The van der Waals surface area contributed by atoms with Crippen LogP contribution in [0.25, 0.3) is 0 Å². The Hall–Kier alpha value is -0.740. The summed E-state index contributed by atoms with van der Waals surface area (Å²) in [4.78, 5) is 0. The number of aromatic hydroxyl groups is 1. The van der Waals surface area contributed by atoms with E-state index in [9.17, 15) is 5.11 Å². The number of halogens is 1. The molecule has 1 aromatic carbocycles. The summed E-state index contributed by atoms with van der Waals surface area (Å²) in [7, 11) is 1.59. The average Bonchev–Trinajstić information content (AvgIpc) is 2.77. The van der Waals surface area contributed by atoms with Crippen molar-refractivity contribution in [2.75, 3.05) is 13.7 Å². The smallest absolute Gasteiger partial charge is 0.172 e. The van der Waals surface area contributed by atoms with Crippen molar-refractivity contribution in [3.63, 3.8) is 0 Å². The monoisotopic (exact) mass is 285 g/mol. The van der Waals surface area contributed by atoms with E-state index in [0.717, 1.165) is 18.5 Å². The third-order valence-corrected chi connectivity index (χ3v) is 3.64. The molecule has 0 aromatic heterocycles. The van der Waals surface area contributed by atoms with Crippen LogP contribution in [-0.4, -0.2) is 24.8 Å². The first-order valence-electron chi connectivity index (χ1n) is 5.50. The highest BCUT2D eigenvalue weighted by molar-refractivity contribution is 9.10. The highest BCUT2D eigenvalue weighted by Crippen LogP contribution is 2.37. The fourth-order valence-corrected chi connectivity index (χ4v) is 2.49. The number of hydrogen-bond acceptors (Lipinski definition) is 3. The van der Waals surface area contributed by atoms with Gasteiger partial charge in [0, 0.05) is 6.04 Å². The second-order valence-electron chi connectivity index (χ2n) is 4.09. The van der Waals surface area contributed by atoms with Crippen LogP contribution in [0.1, 0.15) is 18.4 Å². The molecule has 1 unspecified atom stereocenters.